The summed E-state index contributed by atoms with van der Waals surface area (Å²) in [6.07, 6.45) is 0. The summed E-state index contributed by atoms with van der Waals surface area (Å²) in [5.41, 5.74) is 0.598. The van der Waals surface area contributed by atoms with Crippen LogP contribution < -0.4 is 4.72 Å². The molecular formula is C15H12N2O3S. The van der Waals surface area contributed by atoms with E-state index in [4.69, 9.17) is 0 Å². The van der Waals surface area contributed by atoms with Gasteiger partial charge in [0.15, 0.2) is 0 Å². The molecule has 21 heavy (non-hydrogen) atoms. The van der Waals surface area contributed by atoms with Crippen molar-refractivity contribution in [3.63, 3.8) is 0 Å². The molecule has 3 aromatic rings. The Morgan fingerprint density at radius 3 is 2.48 bits per heavy atom. The zero-order valence-electron chi connectivity index (χ0n) is 10.9. The molecule has 0 fully saturated rings. The third kappa shape index (κ3) is 2.80. The smallest absolute Gasteiger partial charge is 0.263 e. The van der Waals surface area contributed by atoms with Gasteiger partial charge in [-0.25, -0.2) is 13.4 Å². The first kappa shape index (κ1) is 13.4. The molecule has 106 valence electrons. The molecule has 0 radical (unpaired) electrons. The van der Waals surface area contributed by atoms with Crippen molar-refractivity contribution in [2.75, 3.05) is 4.72 Å². The lowest BCUT2D eigenvalue weighted by atomic mass is 10.2. The molecule has 0 amide bonds. The van der Waals surface area contributed by atoms with Crippen molar-refractivity contribution >= 4 is 26.7 Å². The predicted molar refractivity (Wildman–Crippen MR) is 80.7 cm³/mol. The van der Waals surface area contributed by atoms with Crippen LogP contribution in [-0.4, -0.2) is 18.5 Å². The highest BCUT2D eigenvalue weighted by atomic mass is 32.2. The maximum absolute atomic E-state index is 12.2. The van der Waals surface area contributed by atoms with Gasteiger partial charge in [-0.3, -0.25) is 4.72 Å². The van der Waals surface area contributed by atoms with Crippen LogP contribution in [0.1, 0.15) is 0 Å². The Morgan fingerprint density at radius 1 is 0.952 bits per heavy atom. The largest absolute Gasteiger partial charge is 0.508 e. The Labute approximate surface area is 121 Å². The summed E-state index contributed by atoms with van der Waals surface area (Å²) in [4.78, 5) is 4.40. The van der Waals surface area contributed by atoms with Crippen molar-refractivity contribution < 1.29 is 13.5 Å². The number of benzene rings is 2. The lowest BCUT2D eigenvalue weighted by Crippen LogP contribution is -2.13. The molecule has 0 saturated carbocycles. The lowest BCUT2D eigenvalue weighted by Gasteiger charge is -2.08. The van der Waals surface area contributed by atoms with Crippen molar-refractivity contribution in [3.8, 4) is 5.75 Å². The number of hydrogen-bond acceptors (Lipinski definition) is 4. The minimum Gasteiger partial charge on any atom is -0.508 e. The number of anilines is 1. The molecule has 6 heteroatoms. The maximum atomic E-state index is 12.2. The fourth-order valence-corrected chi connectivity index (χ4v) is 2.99. The van der Waals surface area contributed by atoms with Crippen LogP contribution >= 0.6 is 0 Å². The average Bonchev–Trinajstić information content (AvgIpc) is 2.48. The standard InChI is InChI=1S/C15H12N2O3S/c18-12-7-8-14-11(10-12)6-9-15(16-14)17-21(19,20)13-4-2-1-3-5-13/h1-10,18H,(H,16,17). The maximum Gasteiger partial charge on any atom is 0.263 e. The van der Waals surface area contributed by atoms with Gasteiger partial charge in [-0.05, 0) is 42.5 Å². The van der Waals surface area contributed by atoms with E-state index in [2.05, 4.69) is 9.71 Å². The number of fused-ring (bicyclic) bond motifs is 1. The average molecular weight is 300 g/mol. The van der Waals surface area contributed by atoms with E-state index in [1.807, 2.05) is 0 Å². The van der Waals surface area contributed by atoms with Crippen LogP contribution in [0.3, 0.4) is 0 Å². The highest BCUT2D eigenvalue weighted by Crippen LogP contribution is 2.21. The second kappa shape index (κ2) is 5.06. The third-order valence-corrected chi connectivity index (χ3v) is 4.34. The minimum absolute atomic E-state index is 0.141. The highest BCUT2D eigenvalue weighted by Gasteiger charge is 2.14. The molecule has 2 N–H and O–H groups in total. The van der Waals surface area contributed by atoms with Crippen LogP contribution in [0, 0.1) is 0 Å². The van der Waals surface area contributed by atoms with E-state index in [0.717, 1.165) is 5.39 Å². The summed E-state index contributed by atoms with van der Waals surface area (Å²) in [5.74, 6) is 0.374. The Hall–Kier alpha value is -2.60. The summed E-state index contributed by atoms with van der Waals surface area (Å²) in [5, 5.41) is 10.1. The monoisotopic (exact) mass is 300 g/mol. The number of rotatable bonds is 3. The molecule has 0 atom stereocenters. The molecule has 0 aliphatic carbocycles. The van der Waals surface area contributed by atoms with E-state index in [-0.39, 0.29) is 16.5 Å². The van der Waals surface area contributed by atoms with Crippen LogP contribution in [0.15, 0.2) is 65.6 Å². The van der Waals surface area contributed by atoms with Crippen molar-refractivity contribution in [2.24, 2.45) is 0 Å². The van der Waals surface area contributed by atoms with Crippen molar-refractivity contribution in [1.82, 2.24) is 4.98 Å². The summed E-state index contributed by atoms with van der Waals surface area (Å²) in [6.45, 7) is 0. The van der Waals surface area contributed by atoms with Crippen LogP contribution in [0.2, 0.25) is 0 Å². The van der Waals surface area contributed by atoms with Crippen LogP contribution in [0.4, 0.5) is 5.82 Å². The molecule has 0 aliphatic rings. The Bertz CT molecular complexity index is 893. The van der Waals surface area contributed by atoms with E-state index in [0.29, 0.717) is 5.52 Å². The number of pyridine rings is 1. The van der Waals surface area contributed by atoms with Crippen LogP contribution in [-0.2, 0) is 10.0 Å². The summed E-state index contributed by atoms with van der Waals surface area (Å²) in [7, 11) is -3.65. The van der Waals surface area contributed by atoms with Crippen LogP contribution in [0.25, 0.3) is 10.9 Å². The molecule has 5 nitrogen and oxygen atoms in total. The Kier molecular flexibility index (Phi) is 3.23. The first-order valence-corrected chi connectivity index (χ1v) is 7.70. The van der Waals surface area contributed by atoms with Gasteiger partial charge < -0.3 is 5.11 Å². The molecule has 2 aromatic carbocycles. The lowest BCUT2D eigenvalue weighted by molar-refractivity contribution is 0.476. The van der Waals surface area contributed by atoms with Crippen molar-refractivity contribution in [1.29, 1.82) is 0 Å². The van der Waals surface area contributed by atoms with Gasteiger partial charge in [0, 0.05) is 5.39 Å². The molecule has 3 rings (SSSR count). The van der Waals surface area contributed by atoms with E-state index in [1.54, 1.807) is 42.5 Å². The Balaban J connectivity index is 1.97. The number of nitrogens with zero attached hydrogens (tertiary/aromatic N) is 1. The fourth-order valence-electron chi connectivity index (χ4n) is 1.97. The van der Waals surface area contributed by atoms with Gasteiger partial charge in [0.2, 0.25) is 0 Å². The highest BCUT2D eigenvalue weighted by molar-refractivity contribution is 7.92. The number of aromatic nitrogens is 1. The van der Waals surface area contributed by atoms with Gasteiger partial charge >= 0.3 is 0 Å². The molecule has 0 spiro atoms. The SMILES string of the molecule is O=S(=O)(Nc1ccc2cc(O)ccc2n1)c1ccccc1. The second-order valence-electron chi connectivity index (χ2n) is 4.49. The number of sulfonamides is 1. The van der Waals surface area contributed by atoms with E-state index in [9.17, 15) is 13.5 Å². The fraction of sp³-hybridized carbons (Fsp3) is 0. The van der Waals surface area contributed by atoms with E-state index >= 15 is 0 Å². The topological polar surface area (TPSA) is 79.3 Å². The quantitative estimate of drug-likeness (QED) is 0.779. The Morgan fingerprint density at radius 2 is 1.71 bits per heavy atom. The van der Waals surface area contributed by atoms with Gasteiger partial charge in [0.25, 0.3) is 10.0 Å². The first-order valence-electron chi connectivity index (χ1n) is 6.22. The van der Waals surface area contributed by atoms with Crippen LogP contribution in [0.5, 0.6) is 5.75 Å². The molecule has 0 unspecified atom stereocenters. The normalized spacial score (nSPS) is 11.4. The van der Waals surface area contributed by atoms with Gasteiger partial charge in [-0.15, -0.1) is 0 Å². The summed E-state index contributed by atoms with van der Waals surface area (Å²) < 4.78 is 26.8. The number of nitrogens with one attached hydrogen (secondary N) is 1. The van der Waals surface area contributed by atoms with E-state index < -0.39 is 10.0 Å². The van der Waals surface area contributed by atoms with Crippen molar-refractivity contribution in [3.05, 3.63) is 60.7 Å². The number of phenolic OH excluding ortho intramolecular Hbond substituents is 1. The van der Waals surface area contributed by atoms with Gasteiger partial charge in [0.05, 0.1) is 10.4 Å². The summed E-state index contributed by atoms with van der Waals surface area (Å²) >= 11 is 0. The molecular weight excluding hydrogens is 288 g/mol. The van der Waals surface area contributed by atoms with Crippen molar-refractivity contribution in [2.45, 2.75) is 4.90 Å². The molecule has 1 aromatic heterocycles. The third-order valence-electron chi connectivity index (χ3n) is 2.97. The molecule has 0 aliphatic heterocycles. The zero-order chi connectivity index (χ0) is 14.9. The number of aromatic hydroxyl groups is 1. The summed E-state index contributed by atoms with van der Waals surface area (Å²) in [6, 6.07) is 16.1. The number of hydrogen-bond donors (Lipinski definition) is 2. The minimum atomic E-state index is -3.65. The first-order chi connectivity index (χ1) is 10.0. The molecule has 0 bridgehead atoms. The van der Waals surface area contributed by atoms with Gasteiger partial charge in [-0.2, -0.15) is 0 Å². The number of phenols is 1. The molecule has 1 heterocycles. The van der Waals surface area contributed by atoms with E-state index in [1.165, 1.54) is 18.2 Å². The zero-order valence-corrected chi connectivity index (χ0v) is 11.7. The second-order valence-corrected chi connectivity index (χ2v) is 6.17. The predicted octanol–water partition coefficient (Wildman–Crippen LogP) is 2.74. The molecule has 0 saturated heterocycles. The van der Waals surface area contributed by atoms with Gasteiger partial charge in [0.1, 0.15) is 11.6 Å². The van der Waals surface area contributed by atoms with Gasteiger partial charge in [-0.1, -0.05) is 18.2 Å².